The van der Waals surface area contributed by atoms with Crippen molar-refractivity contribution in [1.82, 2.24) is 0 Å². The van der Waals surface area contributed by atoms with Crippen LogP contribution in [0.15, 0.2) is 0 Å². The van der Waals surface area contributed by atoms with Gasteiger partial charge in [0.1, 0.15) is 0 Å². The van der Waals surface area contributed by atoms with E-state index in [9.17, 15) is 38.4 Å². The van der Waals surface area contributed by atoms with Crippen molar-refractivity contribution in [3.63, 3.8) is 0 Å². The highest BCUT2D eigenvalue weighted by Gasteiger charge is 2.92. The Hall–Kier alpha value is -4.32. The summed E-state index contributed by atoms with van der Waals surface area (Å²) in [6.45, 7) is 5.22. The van der Waals surface area contributed by atoms with E-state index in [1.54, 1.807) is 0 Å². The normalized spacial score (nSPS) is 16.9. The van der Waals surface area contributed by atoms with Crippen molar-refractivity contribution < 1.29 is 85.7 Å². The fourth-order valence-electron chi connectivity index (χ4n) is 4.43. The zero-order chi connectivity index (χ0) is 35.3. The van der Waals surface area contributed by atoms with Crippen LogP contribution in [0.5, 0.6) is 0 Å². The number of hydrogen-bond acceptors (Lipinski definition) is 18. The molecule has 0 unspecified atom stereocenters. The molecule has 0 radical (unpaired) electrons. The topological polar surface area (TPSA) is 229 Å². The lowest BCUT2D eigenvalue weighted by Crippen LogP contribution is -2.90. The molecule has 0 aromatic heterocycles. The van der Waals surface area contributed by atoms with Gasteiger partial charge in [0.15, 0.2) is 0 Å². The van der Waals surface area contributed by atoms with Crippen LogP contribution in [0.1, 0.15) is 55.4 Å². The standard InChI is InChI=1S/C28H40O18/c1-9-37-17(29)25(18(30)38-10-2)26(19(31)39-11-3,20(32)40-12-4)46-28(23(35)43-15-7,24(36)44-16-8)27(45-25,21(33)41-13-5)22(34)42-14-6/h9-16H2,1-8H3. The summed E-state index contributed by atoms with van der Waals surface area (Å²) >= 11 is 0. The van der Waals surface area contributed by atoms with Crippen molar-refractivity contribution in [2.45, 2.75) is 77.8 Å². The van der Waals surface area contributed by atoms with Gasteiger partial charge in [0.2, 0.25) is 0 Å². The summed E-state index contributed by atoms with van der Waals surface area (Å²) in [5.74, 6) is -15.8. The van der Waals surface area contributed by atoms with Crippen LogP contribution in [0, 0.1) is 0 Å². The summed E-state index contributed by atoms with van der Waals surface area (Å²) in [5.41, 5.74) is -16.2. The van der Waals surface area contributed by atoms with Crippen molar-refractivity contribution in [2.24, 2.45) is 0 Å². The minimum absolute atomic E-state index is 0.586. The number of esters is 8. The average molecular weight is 665 g/mol. The van der Waals surface area contributed by atoms with E-state index in [0.29, 0.717) is 0 Å². The quantitative estimate of drug-likeness (QED) is 0.115. The van der Waals surface area contributed by atoms with Gasteiger partial charge in [-0.25, -0.2) is 38.4 Å². The van der Waals surface area contributed by atoms with E-state index in [1.807, 2.05) is 0 Å². The second kappa shape index (κ2) is 16.8. The number of carbonyl (C=O) groups excluding carboxylic acids is 8. The second-order valence-electron chi connectivity index (χ2n) is 8.69. The van der Waals surface area contributed by atoms with Crippen LogP contribution in [0.2, 0.25) is 0 Å². The van der Waals surface area contributed by atoms with Crippen LogP contribution in [-0.2, 0) is 85.7 Å². The van der Waals surface area contributed by atoms with Gasteiger partial charge in [0.05, 0.1) is 52.9 Å². The maximum Gasteiger partial charge on any atom is 0.354 e. The molecule has 0 aromatic carbocycles. The molecule has 1 heterocycles. The van der Waals surface area contributed by atoms with E-state index in [1.165, 1.54) is 55.4 Å². The van der Waals surface area contributed by atoms with Crippen LogP contribution in [-0.4, -0.2) is 123 Å². The molecule has 0 N–H and O–H groups in total. The van der Waals surface area contributed by atoms with Gasteiger partial charge < -0.3 is 47.4 Å². The molecule has 1 rings (SSSR count). The molecule has 0 bridgehead atoms. The average Bonchev–Trinajstić information content (AvgIpc) is 3.00. The predicted molar refractivity (Wildman–Crippen MR) is 146 cm³/mol. The Morgan fingerprint density at radius 1 is 0.304 bits per heavy atom. The molecule has 46 heavy (non-hydrogen) atoms. The Labute approximate surface area is 264 Å². The molecule has 0 aliphatic carbocycles. The van der Waals surface area contributed by atoms with Crippen LogP contribution in [0.25, 0.3) is 0 Å². The molecule has 0 atom stereocenters. The maximum absolute atomic E-state index is 14.0. The molecule has 0 saturated carbocycles. The smallest absolute Gasteiger partial charge is 0.354 e. The van der Waals surface area contributed by atoms with Gasteiger partial charge in [-0.15, -0.1) is 0 Å². The molecule has 1 fully saturated rings. The fraction of sp³-hybridized carbons (Fsp3) is 0.714. The first-order valence-electron chi connectivity index (χ1n) is 14.5. The van der Waals surface area contributed by atoms with Crippen LogP contribution >= 0.6 is 0 Å². The van der Waals surface area contributed by atoms with Crippen LogP contribution in [0.3, 0.4) is 0 Å². The minimum atomic E-state index is -4.04. The zero-order valence-electron chi connectivity index (χ0n) is 27.0. The Kier molecular flexibility index (Phi) is 14.5. The van der Waals surface area contributed by atoms with Gasteiger partial charge in [-0.2, -0.15) is 0 Å². The Morgan fingerprint density at radius 2 is 0.413 bits per heavy atom. The second-order valence-corrected chi connectivity index (χ2v) is 8.69. The summed E-state index contributed by atoms with van der Waals surface area (Å²) < 4.78 is 51.8. The van der Waals surface area contributed by atoms with E-state index in [0.717, 1.165) is 0 Å². The van der Waals surface area contributed by atoms with E-state index in [4.69, 9.17) is 47.4 Å². The molecule has 1 aliphatic rings. The van der Waals surface area contributed by atoms with Crippen LogP contribution in [0.4, 0.5) is 0 Å². The first-order valence-corrected chi connectivity index (χ1v) is 14.5. The molecule has 260 valence electrons. The SMILES string of the molecule is CCOC(=O)C1(C(=O)OCC)OC(C(=O)OCC)(C(=O)OCC)C(C(=O)OCC)(C(=O)OCC)OC1(C(=O)OCC)C(=O)OCC. The summed E-state index contributed by atoms with van der Waals surface area (Å²) in [6, 6.07) is 0. The fourth-order valence-corrected chi connectivity index (χ4v) is 4.43. The van der Waals surface area contributed by atoms with Crippen LogP contribution < -0.4 is 0 Å². The van der Waals surface area contributed by atoms with Crippen molar-refractivity contribution >= 4 is 47.8 Å². The highest BCUT2D eigenvalue weighted by atomic mass is 16.7. The van der Waals surface area contributed by atoms with E-state index in [2.05, 4.69) is 0 Å². The summed E-state index contributed by atoms with van der Waals surface area (Å²) in [7, 11) is 0. The van der Waals surface area contributed by atoms with E-state index < -0.39 is 123 Å². The lowest BCUT2D eigenvalue weighted by molar-refractivity contribution is -0.343. The molecular formula is C28H40O18. The Morgan fingerprint density at radius 3 is 0.500 bits per heavy atom. The van der Waals surface area contributed by atoms with Gasteiger partial charge in [0.25, 0.3) is 0 Å². The highest BCUT2D eigenvalue weighted by Crippen LogP contribution is 2.53. The van der Waals surface area contributed by atoms with Gasteiger partial charge in [0, 0.05) is 0 Å². The van der Waals surface area contributed by atoms with Gasteiger partial charge in [-0.3, -0.25) is 0 Å². The molecule has 1 aliphatic heterocycles. The van der Waals surface area contributed by atoms with Gasteiger partial charge in [-0.1, -0.05) is 0 Å². The number of carbonyl (C=O) groups is 8. The molecule has 18 heteroatoms. The Balaban J connectivity index is 4.96. The van der Waals surface area contributed by atoms with Crippen molar-refractivity contribution in [1.29, 1.82) is 0 Å². The molecule has 0 amide bonds. The van der Waals surface area contributed by atoms with E-state index >= 15 is 0 Å². The van der Waals surface area contributed by atoms with Crippen molar-refractivity contribution in [3.05, 3.63) is 0 Å². The highest BCUT2D eigenvalue weighted by molar-refractivity contribution is 6.25. The lowest BCUT2D eigenvalue weighted by Gasteiger charge is -2.54. The van der Waals surface area contributed by atoms with E-state index in [-0.39, 0.29) is 0 Å². The van der Waals surface area contributed by atoms with Gasteiger partial charge >= 0.3 is 70.2 Å². The first kappa shape index (κ1) is 39.7. The largest absolute Gasteiger partial charge is 0.463 e. The molecular weight excluding hydrogens is 624 g/mol. The third-order valence-corrected chi connectivity index (χ3v) is 6.11. The summed E-state index contributed by atoms with van der Waals surface area (Å²) in [6.07, 6.45) is 0. The minimum Gasteiger partial charge on any atom is -0.463 e. The summed E-state index contributed by atoms with van der Waals surface area (Å²) in [4.78, 5) is 112. The monoisotopic (exact) mass is 664 g/mol. The Bertz CT molecular complexity index is 923. The molecule has 0 spiro atoms. The zero-order valence-corrected chi connectivity index (χ0v) is 27.0. The molecule has 0 aromatic rings. The van der Waals surface area contributed by atoms with Gasteiger partial charge in [-0.05, 0) is 55.4 Å². The number of ether oxygens (including phenoxy) is 10. The predicted octanol–water partition coefficient (Wildman–Crippen LogP) is -0.507. The van der Waals surface area contributed by atoms with Crippen molar-refractivity contribution in [3.8, 4) is 0 Å². The third kappa shape index (κ3) is 6.22. The third-order valence-electron chi connectivity index (χ3n) is 6.11. The first-order chi connectivity index (χ1) is 21.8. The molecule has 1 saturated heterocycles. The number of rotatable bonds is 16. The number of hydrogen-bond donors (Lipinski definition) is 0. The lowest BCUT2D eigenvalue weighted by atomic mass is 9.72. The maximum atomic E-state index is 14.0. The molecule has 18 nitrogen and oxygen atoms in total. The summed E-state index contributed by atoms with van der Waals surface area (Å²) in [5, 5.41) is 0. The van der Waals surface area contributed by atoms with Crippen molar-refractivity contribution in [2.75, 3.05) is 52.9 Å².